The molecular formula is C26H23ClF2N4O4S. The quantitative estimate of drug-likeness (QED) is 0.453. The van der Waals surface area contributed by atoms with Crippen LogP contribution in [-0.4, -0.2) is 61.4 Å². The second-order valence-electron chi connectivity index (χ2n) is 8.18. The number of benzene rings is 2. The molecule has 1 N–H and O–H groups in total. The van der Waals surface area contributed by atoms with Crippen LogP contribution in [0.25, 0.3) is 17.3 Å². The number of morpholine rings is 1. The number of carbonyl (C=O) groups is 1. The number of nitrogens with zero attached hydrogens (tertiary/aromatic N) is 3. The molecule has 1 amide bonds. The zero-order valence-electron chi connectivity index (χ0n) is 20.0. The van der Waals surface area contributed by atoms with E-state index in [2.05, 4.69) is 15.0 Å². The maximum atomic E-state index is 13.5. The molecule has 0 saturated carbocycles. The molecule has 0 unspecified atom stereocenters. The molecule has 1 fully saturated rings. The molecular weight excluding hydrogens is 538 g/mol. The molecule has 0 radical (unpaired) electrons. The molecule has 1 saturated heterocycles. The molecule has 0 atom stereocenters. The predicted octanol–water partition coefficient (Wildman–Crippen LogP) is 2.11. The Morgan fingerprint density at radius 1 is 1.18 bits per heavy atom. The van der Waals surface area contributed by atoms with Crippen LogP contribution in [0.3, 0.4) is 0 Å². The third-order valence-corrected chi connectivity index (χ3v) is 7.03. The number of halogens is 3. The summed E-state index contributed by atoms with van der Waals surface area (Å²) >= 11 is 7.00. The maximum Gasteiger partial charge on any atom is 0.387 e. The van der Waals surface area contributed by atoms with Gasteiger partial charge in [0.05, 0.1) is 23.4 Å². The Bertz CT molecular complexity index is 1490. The summed E-state index contributed by atoms with van der Waals surface area (Å²) in [5.41, 5.74) is 0.326. The van der Waals surface area contributed by atoms with Gasteiger partial charge in [0, 0.05) is 31.2 Å². The molecule has 4 rings (SSSR count). The lowest BCUT2D eigenvalue weighted by molar-refractivity contribution is -0.115. The minimum atomic E-state index is -2.95. The Morgan fingerprint density at radius 2 is 1.87 bits per heavy atom. The van der Waals surface area contributed by atoms with Gasteiger partial charge < -0.3 is 14.8 Å². The van der Waals surface area contributed by atoms with Crippen molar-refractivity contribution >= 4 is 40.5 Å². The SMILES string of the molecule is N#C/C(C(=O)NCCN1CCOCC1)=c1\s/c(=C/c2ccc(OC(F)F)cc2)c(=O)n1-c1ccc(Cl)cc1. The van der Waals surface area contributed by atoms with Crippen molar-refractivity contribution in [1.82, 2.24) is 14.8 Å². The number of hydrogen-bond acceptors (Lipinski definition) is 7. The number of amides is 1. The van der Waals surface area contributed by atoms with Crippen molar-refractivity contribution in [2.45, 2.75) is 6.61 Å². The summed E-state index contributed by atoms with van der Waals surface area (Å²) in [5.74, 6) is -0.610. The van der Waals surface area contributed by atoms with Crippen molar-refractivity contribution in [2.75, 3.05) is 39.4 Å². The van der Waals surface area contributed by atoms with Crippen LogP contribution in [0.2, 0.25) is 5.02 Å². The number of aromatic nitrogens is 1. The van der Waals surface area contributed by atoms with E-state index in [0.717, 1.165) is 24.4 Å². The number of alkyl halides is 2. The Balaban J connectivity index is 1.73. The predicted molar refractivity (Wildman–Crippen MR) is 140 cm³/mol. The minimum absolute atomic E-state index is 0.0172. The van der Waals surface area contributed by atoms with Crippen LogP contribution in [0, 0.1) is 11.3 Å². The van der Waals surface area contributed by atoms with Gasteiger partial charge in [-0.05, 0) is 48.0 Å². The number of rotatable bonds is 8. The third-order valence-electron chi connectivity index (χ3n) is 5.68. The van der Waals surface area contributed by atoms with Gasteiger partial charge in [-0.1, -0.05) is 23.7 Å². The number of ether oxygens (including phenoxy) is 2. The van der Waals surface area contributed by atoms with Crippen molar-refractivity contribution in [3.05, 3.63) is 78.7 Å². The molecule has 0 aliphatic carbocycles. The fraction of sp³-hybridized carbons (Fsp3) is 0.269. The smallest absolute Gasteiger partial charge is 0.387 e. The van der Waals surface area contributed by atoms with Crippen molar-refractivity contribution in [3.8, 4) is 17.5 Å². The Kier molecular flexibility index (Phi) is 9.25. The van der Waals surface area contributed by atoms with Crippen molar-refractivity contribution in [1.29, 1.82) is 5.26 Å². The third kappa shape index (κ3) is 6.85. The molecule has 12 heteroatoms. The van der Waals surface area contributed by atoms with Gasteiger partial charge in [0.1, 0.15) is 16.5 Å². The first-order valence-electron chi connectivity index (χ1n) is 11.6. The molecule has 0 bridgehead atoms. The number of nitriles is 1. The topological polar surface area (TPSA) is 96.6 Å². The van der Waals surface area contributed by atoms with Crippen molar-refractivity contribution in [2.24, 2.45) is 0 Å². The van der Waals surface area contributed by atoms with Crippen LogP contribution in [0.1, 0.15) is 5.56 Å². The van der Waals surface area contributed by atoms with Gasteiger partial charge in [0.15, 0.2) is 5.57 Å². The van der Waals surface area contributed by atoms with Crippen LogP contribution in [0.15, 0.2) is 53.3 Å². The average molecular weight is 561 g/mol. The van der Waals surface area contributed by atoms with Gasteiger partial charge in [-0.2, -0.15) is 14.0 Å². The molecule has 1 aliphatic heterocycles. The lowest BCUT2D eigenvalue weighted by Gasteiger charge is -2.26. The first kappa shape index (κ1) is 27.5. The van der Waals surface area contributed by atoms with Crippen LogP contribution < -0.4 is 24.8 Å². The monoisotopic (exact) mass is 560 g/mol. The molecule has 38 heavy (non-hydrogen) atoms. The first-order chi connectivity index (χ1) is 18.4. The van der Waals surface area contributed by atoms with Crippen molar-refractivity contribution < 1.29 is 23.0 Å². The molecule has 2 heterocycles. The fourth-order valence-electron chi connectivity index (χ4n) is 3.81. The minimum Gasteiger partial charge on any atom is -0.435 e. The summed E-state index contributed by atoms with van der Waals surface area (Å²) in [7, 11) is 0. The standard InChI is InChI=1S/C26H23ClF2N4O4S/c27-18-3-5-19(6-4-18)33-24(35)22(15-17-1-7-20(8-2-17)37-26(28)29)38-25(33)21(16-30)23(34)31-9-10-32-11-13-36-14-12-32/h1-8,15,26H,9-14H2,(H,31,34)/b22-15+,25-21+. The van der Waals surface area contributed by atoms with E-state index >= 15 is 0 Å². The van der Waals surface area contributed by atoms with Crippen molar-refractivity contribution in [3.63, 3.8) is 0 Å². The van der Waals surface area contributed by atoms with E-state index in [1.807, 2.05) is 6.07 Å². The Hall–Kier alpha value is -3.56. The number of nitrogens with one attached hydrogen (secondary N) is 1. The lowest BCUT2D eigenvalue weighted by atomic mass is 10.2. The van der Waals surface area contributed by atoms with Gasteiger partial charge in [0.25, 0.3) is 11.5 Å². The Morgan fingerprint density at radius 3 is 2.50 bits per heavy atom. The van der Waals surface area contributed by atoms with Gasteiger partial charge in [-0.15, -0.1) is 11.3 Å². The molecule has 1 aromatic heterocycles. The second-order valence-corrected chi connectivity index (χ2v) is 9.64. The summed E-state index contributed by atoms with van der Waals surface area (Å²) in [6.07, 6.45) is 1.56. The van der Waals surface area contributed by atoms with Gasteiger partial charge in [-0.3, -0.25) is 19.1 Å². The molecule has 198 valence electrons. The zero-order valence-corrected chi connectivity index (χ0v) is 21.6. The molecule has 1 aliphatic rings. The van der Waals surface area contributed by atoms with E-state index < -0.39 is 18.1 Å². The maximum absolute atomic E-state index is 13.5. The number of hydrogen-bond donors (Lipinski definition) is 1. The highest BCUT2D eigenvalue weighted by atomic mass is 35.5. The van der Waals surface area contributed by atoms with E-state index in [1.165, 1.54) is 28.8 Å². The highest BCUT2D eigenvalue weighted by molar-refractivity contribution is 7.07. The summed E-state index contributed by atoms with van der Waals surface area (Å²) in [4.78, 5) is 28.6. The highest BCUT2D eigenvalue weighted by Gasteiger charge is 2.18. The highest BCUT2D eigenvalue weighted by Crippen LogP contribution is 2.15. The lowest BCUT2D eigenvalue weighted by Crippen LogP contribution is -2.42. The van der Waals surface area contributed by atoms with E-state index in [-0.39, 0.29) is 20.5 Å². The van der Waals surface area contributed by atoms with Crippen LogP contribution in [-0.2, 0) is 9.53 Å². The van der Waals surface area contributed by atoms with Gasteiger partial charge in [0.2, 0.25) is 0 Å². The molecule has 3 aromatic rings. The summed E-state index contributed by atoms with van der Waals surface area (Å²) in [6.45, 7) is 0.774. The second kappa shape index (κ2) is 12.8. The molecule has 2 aromatic carbocycles. The molecule has 8 nitrogen and oxygen atoms in total. The normalized spacial score (nSPS) is 15.3. The molecule has 0 spiro atoms. The van der Waals surface area contributed by atoms with E-state index in [0.29, 0.717) is 42.6 Å². The fourth-order valence-corrected chi connectivity index (χ4v) is 5.04. The van der Waals surface area contributed by atoms with E-state index in [9.17, 15) is 23.6 Å². The van der Waals surface area contributed by atoms with E-state index in [4.69, 9.17) is 16.3 Å². The van der Waals surface area contributed by atoms with Gasteiger partial charge >= 0.3 is 6.61 Å². The summed E-state index contributed by atoms with van der Waals surface area (Å²) in [6, 6.07) is 14.2. The van der Waals surface area contributed by atoms with Gasteiger partial charge in [-0.25, -0.2) is 0 Å². The average Bonchev–Trinajstić information content (AvgIpc) is 3.21. The van der Waals surface area contributed by atoms with Crippen LogP contribution in [0.4, 0.5) is 8.78 Å². The largest absolute Gasteiger partial charge is 0.435 e. The Labute approximate surface area is 225 Å². The number of thiazole rings is 1. The van der Waals surface area contributed by atoms with Crippen LogP contribution in [0.5, 0.6) is 5.75 Å². The van der Waals surface area contributed by atoms with E-state index in [1.54, 1.807) is 30.3 Å². The number of carbonyl (C=O) groups excluding carboxylic acids is 1. The zero-order chi connectivity index (χ0) is 27.1. The van der Waals surface area contributed by atoms with Crippen LogP contribution >= 0.6 is 22.9 Å². The first-order valence-corrected chi connectivity index (χ1v) is 12.8. The summed E-state index contributed by atoms with van der Waals surface area (Å²) in [5, 5.41) is 13.1. The summed E-state index contributed by atoms with van der Waals surface area (Å²) < 4.78 is 36.3.